The maximum absolute atomic E-state index is 11.2. The first-order chi connectivity index (χ1) is 5.75. The Morgan fingerprint density at radius 3 is 2.92 bits per heavy atom. The third-order valence-corrected chi connectivity index (χ3v) is 4.01. The van der Waals surface area contributed by atoms with Crippen LogP contribution in [0.5, 0.6) is 0 Å². The number of fused-ring (bicyclic) bond motifs is 1. The first kappa shape index (κ1) is 8.17. The smallest absolute Gasteiger partial charge is 0.308 e. The summed E-state index contributed by atoms with van der Waals surface area (Å²) in [5.41, 5.74) is 0. The van der Waals surface area contributed by atoms with Crippen LogP contribution in [0.3, 0.4) is 0 Å². The fraction of sp³-hybridized carbons (Fsp3) is 0.667. The number of thioether (sulfide) groups is 1. The summed E-state index contributed by atoms with van der Waals surface area (Å²) >= 11 is 1.85. The Balaban J connectivity index is 1.95. The van der Waals surface area contributed by atoms with E-state index in [1.165, 1.54) is 7.11 Å². The van der Waals surface area contributed by atoms with Gasteiger partial charge >= 0.3 is 5.97 Å². The summed E-state index contributed by atoms with van der Waals surface area (Å²) in [6, 6.07) is 0. The maximum atomic E-state index is 11.2. The van der Waals surface area contributed by atoms with Crippen molar-refractivity contribution in [3.8, 4) is 0 Å². The molecule has 1 aliphatic carbocycles. The first-order valence-corrected chi connectivity index (χ1v) is 5.10. The summed E-state index contributed by atoms with van der Waals surface area (Å²) in [6.07, 6.45) is 2.21. The molecular formula is C9H12O2S. The van der Waals surface area contributed by atoms with Crippen molar-refractivity contribution in [1.29, 1.82) is 0 Å². The molecule has 0 N–H and O–H groups in total. The highest BCUT2D eigenvalue weighted by Gasteiger charge is 2.55. The van der Waals surface area contributed by atoms with Crippen LogP contribution in [0.2, 0.25) is 0 Å². The molecule has 2 nitrogen and oxygen atoms in total. The second kappa shape index (κ2) is 2.80. The Bertz CT molecular complexity index is 237. The lowest BCUT2D eigenvalue weighted by molar-refractivity contribution is -0.145. The summed E-state index contributed by atoms with van der Waals surface area (Å²) in [5, 5.41) is 2.80. The minimum atomic E-state index is -0.0663. The quantitative estimate of drug-likeness (QED) is 0.611. The molecular weight excluding hydrogens is 172 g/mol. The van der Waals surface area contributed by atoms with Gasteiger partial charge in [0, 0.05) is 5.25 Å². The molecule has 1 saturated carbocycles. The summed E-state index contributed by atoms with van der Waals surface area (Å²) in [6.45, 7) is 1.96. The molecule has 2 rings (SSSR count). The van der Waals surface area contributed by atoms with Crippen molar-refractivity contribution in [1.82, 2.24) is 0 Å². The van der Waals surface area contributed by atoms with Crippen LogP contribution in [0.4, 0.5) is 0 Å². The van der Waals surface area contributed by atoms with Gasteiger partial charge in [-0.3, -0.25) is 4.79 Å². The van der Waals surface area contributed by atoms with Crippen molar-refractivity contribution in [3.63, 3.8) is 0 Å². The van der Waals surface area contributed by atoms with Gasteiger partial charge in [-0.1, -0.05) is 13.0 Å². The summed E-state index contributed by atoms with van der Waals surface area (Å²) in [4.78, 5) is 11.2. The van der Waals surface area contributed by atoms with Gasteiger partial charge in [0.05, 0.1) is 13.0 Å². The molecule has 0 radical (unpaired) electrons. The Kier molecular flexibility index (Phi) is 1.91. The molecule has 0 bridgehead atoms. The molecule has 0 spiro atoms. The molecule has 0 amide bonds. The number of carbonyl (C=O) groups excluding carboxylic acids is 1. The van der Waals surface area contributed by atoms with Gasteiger partial charge in [-0.25, -0.2) is 0 Å². The van der Waals surface area contributed by atoms with E-state index >= 15 is 0 Å². The summed E-state index contributed by atoms with van der Waals surface area (Å²) in [7, 11) is 1.46. The third-order valence-electron chi connectivity index (χ3n) is 2.75. The first-order valence-electron chi connectivity index (χ1n) is 4.15. The minimum absolute atomic E-state index is 0.0663. The van der Waals surface area contributed by atoms with Gasteiger partial charge in [-0.15, -0.1) is 11.8 Å². The monoisotopic (exact) mass is 184 g/mol. The van der Waals surface area contributed by atoms with Gasteiger partial charge in [0.2, 0.25) is 0 Å². The average Bonchev–Trinajstić information content (AvgIpc) is 2.56. The molecule has 66 valence electrons. The third kappa shape index (κ3) is 1.07. The zero-order valence-corrected chi connectivity index (χ0v) is 8.01. The highest BCUT2D eigenvalue weighted by molar-refractivity contribution is 8.03. The van der Waals surface area contributed by atoms with E-state index in [0.29, 0.717) is 17.1 Å². The van der Waals surface area contributed by atoms with Crippen LogP contribution in [0.25, 0.3) is 0 Å². The van der Waals surface area contributed by atoms with Gasteiger partial charge in [-0.2, -0.15) is 0 Å². The van der Waals surface area contributed by atoms with Crippen LogP contribution >= 0.6 is 11.8 Å². The molecule has 3 heteroatoms. The second-order valence-corrected chi connectivity index (χ2v) is 4.48. The summed E-state index contributed by atoms with van der Waals surface area (Å²) < 4.78 is 4.71. The topological polar surface area (TPSA) is 26.3 Å². The Morgan fingerprint density at radius 2 is 2.42 bits per heavy atom. The van der Waals surface area contributed by atoms with Crippen LogP contribution in [0.15, 0.2) is 11.5 Å². The molecule has 1 heterocycles. The fourth-order valence-electron chi connectivity index (χ4n) is 1.94. The zero-order chi connectivity index (χ0) is 8.72. The number of carbonyl (C=O) groups is 1. The van der Waals surface area contributed by atoms with Crippen molar-refractivity contribution < 1.29 is 9.53 Å². The number of hydrogen-bond acceptors (Lipinski definition) is 3. The molecule has 1 unspecified atom stereocenters. The van der Waals surface area contributed by atoms with Crippen molar-refractivity contribution in [2.24, 2.45) is 17.8 Å². The number of allylic oxidation sites excluding steroid dienone is 1. The molecule has 4 atom stereocenters. The number of esters is 1. The Morgan fingerprint density at radius 1 is 1.67 bits per heavy atom. The van der Waals surface area contributed by atoms with Crippen LogP contribution < -0.4 is 0 Å². The van der Waals surface area contributed by atoms with Crippen LogP contribution in [0.1, 0.15) is 6.92 Å². The van der Waals surface area contributed by atoms with E-state index in [9.17, 15) is 4.79 Å². The zero-order valence-electron chi connectivity index (χ0n) is 7.19. The van der Waals surface area contributed by atoms with Crippen molar-refractivity contribution in [2.45, 2.75) is 12.2 Å². The largest absolute Gasteiger partial charge is 0.469 e. The second-order valence-electron chi connectivity index (χ2n) is 3.40. The lowest BCUT2D eigenvalue weighted by Gasteiger charge is -2.08. The molecule has 2 aliphatic rings. The van der Waals surface area contributed by atoms with E-state index in [1.54, 1.807) is 0 Å². The highest BCUT2D eigenvalue weighted by Crippen LogP contribution is 2.57. The van der Waals surface area contributed by atoms with Crippen molar-refractivity contribution in [3.05, 3.63) is 11.5 Å². The molecule has 0 aromatic rings. The number of hydrogen-bond donors (Lipinski definition) is 0. The summed E-state index contributed by atoms with van der Waals surface area (Å²) in [5.74, 6) is 1.18. The molecule has 0 saturated heterocycles. The standard InChI is InChI=1S/C9H12O2S/c1-5(9(10)11-2)7-6-3-4-12-8(6)7/h3-8H,1-2H3/t5?,6-,7-,8-/m1/s1. The van der Waals surface area contributed by atoms with E-state index < -0.39 is 0 Å². The number of methoxy groups -OCH3 is 1. The Hall–Kier alpha value is -0.440. The van der Waals surface area contributed by atoms with E-state index in [2.05, 4.69) is 11.5 Å². The average molecular weight is 184 g/mol. The predicted molar refractivity (Wildman–Crippen MR) is 48.7 cm³/mol. The molecule has 1 aliphatic heterocycles. The normalized spacial score (nSPS) is 39.0. The van der Waals surface area contributed by atoms with Gasteiger partial charge in [0.15, 0.2) is 0 Å². The molecule has 1 fully saturated rings. The van der Waals surface area contributed by atoms with E-state index in [4.69, 9.17) is 4.74 Å². The van der Waals surface area contributed by atoms with E-state index in [1.807, 2.05) is 18.7 Å². The lowest BCUT2D eigenvalue weighted by atomic mass is 10.1. The minimum Gasteiger partial charge on any atom is -0.469 e. The lowest BCUT2D eigenvalue weighted by Crippen LogP contribution is -2.16. The predicted octanol–water partition coefficient (Wildman–Crippen LogP) is 1.67. The van der Waals surface area contributed by atoms with Crippen molar-refractivity contribution in [2.75, 3.05) is 7.11 Å². The van der Waals surface area contributed by atoms with Gasteiger partial charge in [0.25, 0.3) is 0 Å². The van der Waals surface area contributed by atoms with Crippen molar-refractivity contribution >= 4 is 17.7 Å². The Labute approximate surface area is 76.4 Å². The van der Waals surface area contributed by atoms with Crippen LogP contribution in [-0.4, -0.2) is 18.3 Å². The molecule has 0 aromatic heterocycles. The van der Waals surface area contributed by atoms with E-state index in [-0.39, 0.29) is 11.9 Å². The SMILES string of the molecule is COC(=O)C(C)[C@@H]1[C@H]2C=CS[C@H]21. The number of ether oxygens (including phenoxy) is 1. The van der Waals surface area contributed by atoms with Gasteiger partial charge < -0.3 is 4.74 Å². The number of rotatable bonds is 2. The van der Waals surface area contributed by atoms with Crippen LogP contribution in [-0.2, 0) is 9.53 Å². The van der Waals surface area contributed by atoms with Crippen LogP contribution in [0, 0.1) is 17.8 Å². The van der Waals surface area contributed by atoms with Gasteiger partial charge in [-0.05, 0) is 17.2 Å². The fourth-order valence-corrected chi connectivity index (χ4v) is 3.35. The van der Waals surface area contributed by atoms with Gasteiger partial charge in [0.1, 0.15) is 0 Å². The molecule has 12 heavy (non-hydrogen) atoms. The van der Waals surface area contributed by atoms with E-state index in [0.717, 1.165) is 0 Å². The molecule has 0 aromatic carbocycles. The maximum Gasteiger partial charge on any atom is 0.308 e. The highest BCUT2D eigenvalue weighted by atomic mass is 32.2.